The highest BCUT2D eigenvalue weighted by molar-refractivity contribution is 6.39. The zero-order valence-electron chi connectivity index (χ0n) is 20.5. The first kappa shape index (κ1) is 25.5. The van der Waals surface area contributed by atoms with Gasteiger partial charge in [-0.15, -0.1) is 6.42 Å². The second-order valence-corrected chi connectivity index (χ2v) is 9.50. The molecule has 0 aliphatic rings. The zero-order valence-corrected chi connectivity index (χ0v) is 22.0. The number of pyridine rings is 1. The summed E-state index contributed by atoms with van der Waals surface area (Å²) in [6, 6.07) is 13.0. The number of aromatic nitrogens is 3. The summed E-state index contributed by atoms with van der Waals surface area (Å²) in [5.41, 5.74) is 2.97. The van der Waals surface area contributed by atoms with Gasteiger partial charge in [0.15, 0.2) is 0 Å². The van der Waals surface area contributed by atoms with Crippen molar-refractivity contribution >= 4 is 51.6 Å². The van der Waals surface area contributed by atoms with Crippen molar-refractivity contribution in [3.8, 4) is 23.5 Å². The largest absolute Gasteiger partial charge is 0.373 e. The van der Waals surface area contributed by atoms with Gasteiger partial charge in [0.1, 0.15) is 5.65 Å². The Morgan fingerprint density at radius 2 is 1.69 bits per heavy atom. The number of nitrogens with one attached hydrogen (secondary N) is 1. The first-order valence-corrected chi connectivity index (χ1v) is 12.0. The van der Waals surface area contributed by atoms with Gasteiger partial charge < -0.3 is 15.1 Å². The minimum absolute atomic E-state index is 0.251. The van der Waals surface area contributed by atoms with Gasteiger partial charge in [0.25, 0.3) is 5.56 Å². The number of halogens is 2. The first-order chi connectivity index (χ1) is 17.2. The second-order valence-electron chi connectivity index (χ2n) is 8.68. The maximum Gasteiger partial charge on any atom is 0.261 e. The van der Waals surface area contributed by atoms with Gasteiger partial charge in [-0.2, -0.15) is 4.98 Å². The number of aryl methyl sites for hydroxylation is 1. The Bertz CT molecular complexity index is 1500. The molecule has 2 heterocycles. The highest BCUT2D eigenvalue weighted by Gasteiger charge is 2.21. The average molecular weight is 521 g/mol. The molecule has 7 nitrogen and oxygen atoms in total. The summed E-state index contributed by atoms with van der Waals surface area (Å²) in [5.74, 6) is 2.97. The number of rotatable bonds is 7. The quantitative estimate of drug-likeness (QED) is 0.345. The Morgan fingerprint density at radius 3 is 2.31 bits per heavy atom. The molecule has 0 saturated carbocycles. The van der Waals surface area contributed by atoms with Crippen molar-refractivity contribution in [3.05, 3.63) is 74.6 Å². The molecule has 0 amide bonds. The predicted octanol–water partition coefficient (Wildman–Crippen LogP) is 5.03. The number of anilines is 3. The SMILES string of the molecule is C#Cc1c(-c2c(Cl)cccc2Cl)c(=O)n(C)c2nc(Nc3ccc(N(C)CCN(C)C)cc3)ncc12. The normalized spacial score (nSPS) is 11.1. The standard InChI is InChI=1S/C27H26Cl2N6O/c1-6-19-20-16-30-27(31-17-10-12-18(13-11-17)34(4)15-14-33(2)3)32-25(20)35(5)26(36)23(19)24-21(28)8-7-9-22(24)29/h1,7-13,16H,14-15H2,2-5H3,(H,30,31,32). The lowest BCUT2D eigenvalue weighted by Crippen LogP contribution is -2.28. The second kappa shape index (κ2) is 10.6. The van der Waals surface area contributed by atoms with Crippen LogP contribution in [0.4, 0.5) is 17.3 Å². The highest BCUT2D eigenvalue weighted by Crippen LogP contribution is 2.36. The van der Waals surface area contributed by atoms with Gasteiger partial charge >= 0.3 is 0 Å². The van der Waals surface area contributed by atoms with Gasteiger partial charge in [0.05, 0.1) is 26.6 Å². The van der Waals surface area contributed by atoms with Gasteiger partial charge in [-0.1, -0.05) is 35.2 Å². The van der Waals surface area contributed by atoms with Gasteiger partial charge in [-0.25, -0.2) is 4.98 Å². The van der Waals surface area contributed by atoms with Gasteiger partial charge in [-0.3, -0.25) is 9.36 Å². The number of hydrogen-bond donors (Lipinski definition) is 1. The lowest BCUT2D eigenvalue weighted by molar-refractivity contribution is 0.416. The van der Waals surface area contributed by atoms with Crippen LogP contribution in [0.2, 0.25) is 10.0 Å². The number of nitrogens with zero attached hydrogens (tertiary/aromatic N) is 5. The number of benzene rings is 2. The first-order valence-electron chi connectivity index (χ1n) is 11.2. The lowest BCUT2D eigenvalue weighted by atomic mass is 9.99. The fourth-order valence-electron chi connectivity index (χ4n) is 3.90. The van der Waals surface area contributed by atoms with Crippen LogP contribution >= 0.6 is 23.2 Å². The van der Waals surface area contributed by atoms with E-state index in [4.69, 9.17) is 29.6 Å². The molecular weight excluding hydrogens is 495 g/mol. The van der Waals surface area contributed by atoms with Crippen LogP contribution < -0.4 is 15.8 Å². The van der Waals surface area contributed by atoms with E-state index in [0.717, 1.165) is 24.5 Å². The molecule has 4 aromatic rings. The van der Waals surface area contributed by atoms with Crippen molar-refractivity contribution in [1.82, 2.24) is 19.4 Å². The minimum atomic E-state index is -0.347. The summed E-state index contributed by atoms with van der Waals surface area (Å²) < 4.78 is 1.43. The summed E-state index contributed by atoms with van der Waals surface area (Å²) in [5, 5.41) is 4.43. The molecule has 2 aromatic heterocycles. The van der Waals surface area contributed by atoms with Crippen LogP contribution in [0.1, 0.15) is 5.56 Å². The molecule has 0 atom stereocenters. The van der Waals surface area contributed by atoms with Crippen LogP contribution in [0.25, 0.3) is 22.2 Å². The zero-order chi connectivity index (χ0) is 26.0. The molecule has 0 bridgehead atoms. The van der Waals surface area contributed by atoms with Gasteiger partial charge in [0, 0.05) is 50.3 Å². The van der Waals surface area contributed by atoms with E-state index in [1.165, 1.54) is 4.57 Å². The highest BCUT2D eigenvalue weighted by atomic mass is 35.5. The third-order valence-corrected chi connectivity index (χ3v) is 6.56. The Hall–Kier alpha value is -3.57. The Balaban J connectivity index is 1.70. The Kier molecular flexibility index (Phi) is 7.51. The van der Waals surface area contributed by atoms with Crippen LogP contribution in [-0.2, 0) is 7.05 Å². The molecule has 0 aliphatic heterocycles. The van der Waals surface area contributed by atoms with Crippen LogP contribution in [0, 0.1) is 12.3 Å². The lowest BCUT2D eigenvalue weighted by Gasteiger charge is -2.21. The predicted molar refractivity (Wildman–Crippen MR) is 150 cm³/mol. The molecule has 0 unspecified atom stereocenters. The third kappa shape index (κ3) is 5.02. The molecule has 0 radical (unpaired) electrons. The molecule has 0 spiro atoms. The van der Waals surface area contributed by atoms with Crippen molar-refractivity contribution < 1.29 is 0 Å². The van der Waals surface area contributed by atoms with E-state index in [-0.39, 0.29) is 11.1 Å². The number of fused-ring (bicyclic) bond motifs is 1. The fraction of sp³-hybridized carbons (Fsp3) is 0.222. The van der Waals surface area contributed by atoms with Crippen molar-refractivity contribution in [2.45, 2.75) is 0 Å². The molecule has 36 heavy (non-hydrogen) atoms. The van der Waals surface area contributed by atoms with E-state index in [1.807, 2.05) is 24.3 Å². The van der Waals surface area contributed by atoms with E-state index < -0.39 is 0 Å². The maximum absolute atomic E-state index is 13.4. The fourth-order valence-corrected chi connectivity index (χ4v) is 4.48. The Morgan fingerprint density at radius 1 is 1.03 bits per heavy atom. The molecule has 9 heteroatoms. The third-order valence-electron chi connectivity index (χ3n) is 5.93. The van der Waals surface area contributed by atoms with E-state index in [2.05, 4.69) is 52.1 Å². The van der Waals surface area contributed by atoms with Gasteiger partial charge in [0.2, 0.25) is 5.95 Å². The molecular formula is C27H26Cl2N6O. The van der Waals surface area contributed by atoms with Gasteiger partial charge in [-0.05, 0) is 50.5 Å². The maximum atomic E-state index is 13.4. The average Bonchev–Trinajstić information content (AvgIpc) is 2.86. The van der Waals surface area contributed by atoms with Crippen LogP contribution in [-0.4, -0.2) is 53.7 Å². The van der Waals surface area contributed by atoms with E-state index in [1.54, 1.807) is 31.4 Å². The molecule has 0 aliphatic carbocycles. The number of terminal acetylenes is 1. The van der Waals surface area contributed by atoms with Crippen LogP contribution in [0.15, 0.2) is 53.5 Å². The molecule has 4 rings (SSSR count). The van der Waals surface area contributed by atoms with Crippen LogP contribution in [0.5, 0.6) is 0 Å². The molecule has 2 aromatic carbocycles. The molecule has 0 fully saturated rings. The topological polar surface area (TPSA) is 66.3 Å². The summed E-state index contributed by atoms with van der Waals surface area (Å²) in [4.78, 5) is 26.8. The number of likely N-dealkylation sites (N-methyl/N-ethyl adjacent to an activating group) is 2. The van der Waals surface area contributed by atoms with Crippen molar-refractivity contribution in [3.63, 3.8) is 0 Å². The molecule has 1 N–H and O–H groups in total. The summed E-state index contributed by atoms with van der Waals surface area (Å²) >= 11 is 12.8. The van der Waals surface area contributed by atoms with Crippen molar-refractivity contribution in [2.24, 2.45) is 7.05 Å². The van der Waals surface area contributed by atoms with E-state index >= 15 is 0 Å². The minimum Gasteiger partial charge on any atom is -0.373 e. The van der Waals surface area contributed by atoms with E-state index in [9.17, 15) is 4.79 Å². The van der Waals surface area contributed by atoms with Crippen molar-refractivity contribution in [1.29, 1.82) is 0 Å². The van der Waals surface area contributed by atoms with Crippen molar-refractivity contribution in [2.75, 3.05) is 44.4 Å². The molecule has 184 valence electrons. The molecule has 0 saturated heterocycles. The summed E-state index contributed by atoms with van der Waals surface area (Å²) in [7, 11) is 7.81. The monoisotopic (exact) mass is 520 g/mol. The summed E-state index contributed by atoms with van der Waals surface area (Å²) in [6.45, 7) is 1.88. The van der Waals surface area contributed by atoms with E-state index in [0.29, 0.717) is 38.2 Å². The van der Waals surface area contributed by atoms with Crippen LogP contribution in [0.3, 0.4) is 0 Å². The Labute approximate surface area is 220 Å². The smallest absolute Gasteiger partial charge is 0.261 e. The number of hydrogen-bond acceptors (Lipinski definition) is 6. The summed E-state index contributed by atoms with van der Waals surface area (Å²) in [6.07, 6.45) is 7.46.